The van der Waals surface area contributed by atoms with Crippen LogP contribution in [-0.2, 0) is 11.4 Å². The van der Waals surface area contributed by atoms with Crippen molar-refractivity contribution in [3.63, 3.8) is 0 Å². The van der Waals surface area contributed by atoms with E-state index in [1.165, 1.54) is 0 Å². The van der Waals surface area contributed by atoms with Crippen molar-refractivity contribution in [2.24, 2.45) is 0 Å². The minimum Gasteiger partial charge on any atom is -0.489 e. The van der Waals surface area contributed by atoms with Crippen molar-refractivity contribution in [1.29, 1.82) is 0 Å². The summed E-state index contributed by atoms with van der Waals surface area (Å²) in [5.41, 5.74) is 1.70. The molecular formula is C16H14Cl2O3. The van der Waals surface area contributed by atoms with E-state index in [-0.39, 0.29) is 0 Å². The molecule has 2 aromatic carbocycles. The maximum absolute atomic E-state index is 10.9. The van der Waals surface area contributed by atoms with E-state index in [4.69, 9.17) is 33.0 Å². The Labute approximate surface area is 133 Å². The van der Waals surface area contributed by atoms with Crippen LogP contribution in [0.1, 0.15) is 24.0 Å². The molecule has 0 radical (unpaired) electrons. The molecule has 0 aliphatic rings. The van der Waals surface area contributed by atoms with Gasteiger partial charge in [0.25, 0.3) is 0 Å². The van der Waals surface area contributed by atoms with Crippen LogP contribution >= 0.6 is 23.2 Å². The van der Waals surface area contributed by atoms with Gasteiger partial charge in [0, 0.05) is 10.0 Å². The quantitative estimate of drug-likeness (QED) is 0.862. The maximum atomic E-state index is 10.9. The van der Waals surface area contributed by atoms with Crippen LogP contribution in [0.5, 0.6) is 5.75 Å². The Morgan fingerprint density at radius 3 is 2.24 bits per heavy atom. The third kappa shape index (κ3) is 4.38. The van der Waals surface area contributed by atoms with Crippen molar-refractivity contribution in [3.8, 4) is 5.75 Å². The lowest BCUT2D eigenvalue weighted by atomic mass is 10.0. The fourth-order valence-electron chi connectivity index (χ4n) is 1.82. The Hall–Kier alpha value is -1.71. The van der Waals surface area contributed by atoms with Gasteiger partial charge in [0.2, 0.25) is 0 Å². The highest BCUT2D eigenvalue weighted by Gasteiger charge is 2.12. The number of hydrogen-bond donors (Lipinski definition) is 1. The molecule has 0 saturated carbocycles. The summed E-state index contributed by atoms with van der Waals surface area (Å²) in [4.78, 5) is 10.9. The fraction of sp³-hybridized carbons (Fsp3) is 0.188. The molecule has 110 valence electrons. The predicted molar refractivity (Wildman–Crippen MR) is 83.3 cm³/mol. The van der Waals surface area contributed by atoms with Gasteiger partial charge in [0.15, 0.2) is 0 Å². The van der Waals surface area contributed by atoms with Gasteiger partial charge in [-0.1, -0.05) is 47.5 Å². The van der Waals surface area contributed by atoms with Gasteiger partial charge >= 0.3 is 5.97 Å². The zero-order chi connectivity index (χ0) is 15.4. The molecule has 0 saturated heterocycles. The van der Waals surface area contributed by atoms with E-state index < -0.39 is 11.9 Å². The molecule has 21 heavy (non-hydrogen) atoms. The fourth-order valence-corrected chi connectivity index (χ4v) is 2.33. The zero-order valence-electron chi connectivity index (χ0n) is 11.3. The highest BCUT2D eigenvalue weighted by Crippen LogP contribution is 2.25. The Balaban J connectivity index is 2.02. The number of rotatable bonds is 5. The van der Waals surface area contributed by atoms with Gasteiger partial charge < -0.3 is 9.84 Å². The molecule has 0 amide bonds. The highest BCUT2D eigenvalue weighted by molar-refractivity contribution is 6.34. The number of benzene rings is 2. The Morgan fingerprint density at radius 1 is 1.14 bits per heavy atom. The molecule has 0 aliphatic carbocycles. The van der Waals surface area contributed by atoms with Crippen molar-refractivity contribution in [2.45, 2.75) is 19.4 Å². The van der Waals surface area contributed by atoms with Gasteiger partial charge in [0.05, 0.1) is 5.92 Å². The first kappa shape index (κ1) is 15.7. The van der Waals surface area contributed by atoms with Crippen LogP contribution in [0.15, 0.2) is 42.5 Å². The van der Waals surface area contributed by atoms with Crippen LogP contribution in [0.3, 0.4) is 0 Å². The van der Waals surface area contributed by atoms with Crippen LogP contribution in [-0.4, -0.2) is 11.1 Å². The monoisotopic (exact) mass is 324 g/mol. The number of carboxylic acid groups (broad SMARTS) is 1. The number of ether oxygens (including phenoxy) is 1. The van der Waals surface area contributed by atoms with Gasteiger partial charge in [-0.15, -0.1) is 0 Å². The number of hydrogen-bond acceptors (Lipinski definition) is 2. The Morgan fingerprint density at radius 2 is 1.71 bits per heavy atom. The van der Waals surface area contributed by atoms with E-state index in [0.29, 0.717) is 22.4 Å². The average molecular weight is 325 g/mol. The Bertz CT molecular complexity index is 618. The van der Waals surface area contributed by atoms with Crippen LogP contribution in [0.25, 0.3) is 0 Å². The normalized spacial score (nSPS) is 12.0. The van der Waals surface area contributed by atoms with Crippen molar-refractivity contribution in [2.75, 3.05) is 0 Å². The number of carboxylic acids is 1. The summed E-state index contributed by atoms with van der Waals surface area (Å²) in [5, 5.41) is 9.99. The molecule has 3 nitrogen and oxygen atoms in total. The van der Waals surface area contributed by atoms with E-state index in [9.17, 15) is 4.79 Å². The van der Waals surface area contributed by atoms with Crippen LogP contribution in [0.2, 0.25) is 10.0 Å². The molecular weight excluding hydrogens is 311 g/mol. The minimum atomic E-state index is -0.840. The highest BCUT2D eigenvalue weighted by atomic mass is 35.5. The molecule has 2 aromatic rings. The second-order valence-electron chi connectivity index (χ2n) is 4.70. The number of aliphatic carboxylic acids is 1. The minimum absolute atomic E-state index is 0.360. The number of halogens is 2. The molecule has 0 fully saturated rings. The van der Waals surface area contributed by atoms with Gasteiger partial charge in [0.1, 0.15) is 12.4 Å². The molecule has 0 heterocycles. The van der Waals surface area contributed by atoms with Gasteiger partial charge in [-0.2, -0.15) is 0 Å². The van der Waals surface area contributed by atoms with E-state index in [1.807, 2.05) is 12.1 Å². The molecule has 2 rings (SSSR count). The Kier molecular flexibility index (Phi) is 5.10. The molecule has 0 bridgehead atoms. The van der Waals surface area contributed by atoms with Gasteiger partial charge in [-0.05, 0) is 36.2 Å². The van der Waals surface area contributed by atoms with Crippen molar-refractivity contribution in [3.05, 3.63) is 63.6 Å². The number of carbonyl (C=O) groups is 1. The standard InChI is InChI=1S/C16H14Cl2O3/c1-10(16(19)20)12-4-2-11(3-5-12)9-21-15-7-13(17)6-14(18)8-15/h2-8,10H,9H2,1H3,(H,19,20). The third-order valence-corrected chi connectivity index (χ3v) is 3.53. The summed E-state index contributed by atoms with van der Waals surface area (Å²) in [6.07, 6.45) is 0. The molecule has 0 aromatic heterocycles. The first-order chi connectivity index (χ1) is 9.95. The van der Waals surface area contributed by atoms with E-state index in [2.05, 4.69) is 0 Å². The molecule has 1 atom stereocenters. The summed E-state index contributed by atoms with van der Waals surface area (Å²) in [6, 6.07) is 12.3. The second kappa shape index (κ2) is 6.83. The lowest BCUT2D eigenvalue weighted by Gasteiger charge is -2.10. The SMILES string of the molecule is CC(C(=O)O)c1ccc(COc2cc(Cl)cc(Cl)c2)cc1. The van der Waals surface area contributed by atoms with E-state index in [1.54, 1.807) is 37.3 Å². The van der Waals surface area contributed by atoms with Crippen molar-refractivity contribution in [1.82, 2.24) is 0 Å². The van der Waals surface area contributed by atoms with Crippen LogP contribution in [0.4, 0.5) is 0 Å². The van der Waals surface area contributed by atoms with Gasteiger partial charge in [-0.3, -0.25) is 4.79 Å². The smallest absolute Gasteiger partial charge is 0.310 e. The maximum Gasteiger partial charge on any atom is 0.310 e. The first-order valence-electron chi connectivity index (χ1n) is 6.36. The second-order valence-corrected chi connectivity index (χ2v) is 5.57. The molecule has 5 heteroatoms. The summed E-state index contributed by atoms with van der Waals surface area (Å²) < 4.78 is 5.62. The molecule has 0 spiro atoms. The average Bonchev–Trinajstić information content (AvgIpc) is 2.44. The summed E-state index contributed by atoms with van der Waals surface area (Å²) in [5.74, 6) is -0.769. The van der Waals surface area contributed by atoms with Crippen molar-refractivity contribution < 1.29 is 14.6 Å². The summed E-state index contributed by atoms with van der Waals surface area (Å²) >= 11 is 11.8. The molecule has 1 N–H and O–H groups in total. The van der Waals surface area contributed by atoms with Crippen LogP contribution in [0, 0.1) is 0 Å². The zero-order valence-corrected chi connectivity index (χ0v) is 12.9. The molecule has 1 unspecified atom stereocenters. The van der Waals surface area contributed by atoms with E-state index >= 15 is 0 Å². The first-order valence-corrected chi connectivity index (χ1v) is 7.12. The van der Waals surface area contributed by atoms with E-state index in [0.717, 1.165) is 11.1 Å². The molecule has 0 aliphatic heterocycles. The van der Waals surface area contributed by atoms with Gasteiger partial charge in [-0.25, -0.2) is 0 Å². The van der Waals surface area contributed by atoms with Crippen molar-refractivity contribution >= 4 is 29.2 Å². The largest absolute Gasteiger partial charge is 0.489 e. The summed E-state index contributed by atoms with van der Waals surface area (Å²) in [6.45, 7) is 2.01. The van der Waals surface area contributed by atoms with Crippen LogP contribution < -0.4 is 4.74 Å². The predicted octanol–water partition coefficient (Wildman–Crippen LogP) is 4.76. The third-order valence-electron chi connectivity index (χ3n) is 3.09. The lowest BCUT2D eigenvalue weighted by Crippen LogP contribution is -2.07. The topological polar surface area (TPSA) is 46.5 Å². The summed E-state index contributed by atoms with van der Waals surface area (Å²) in [7, 11) is 0. The lowest BCUT2D eigenvalue weighted by molar-refractivity contribution is -0.138.